The van der Waals surface area contributed by atoms with Gasteiger partial charge in [-0.3, -0.25) is 9.69 Å². The number of amides is 1. The number of likely N-dealkylation sites (tertiary alicyclic amines) is 1. The van der Waals surface area contributed by atoms with E-state index in [1.165, 1.54) is 5.56 Å². The summed E-state index contributed by atoms with van der Waals surface area (Å²) in [4.78, 5) is 15.0. The number of hydrogen-bond acceptors (Lipinski definition) is 3. The lowest BCUT2D eigenvalue weighted by atomic mass is 9.94. The van der Waals surface area contributed by atoms with Gasteiger partial charge in [-0.1, -0.05) is 36.8 Å². The topological polar surface area (TPSA) is 58.4 Å². The third-order valence-corrected chi connectivity index (χ3v) is 5.48. The minimum Gasteiger partial charge on any atom is -0.353 e. The molecule has 1 saturated heterocycles. The van der Waals surface area contributed by atoms with Crippen LogP contribution in [0.4, 0.5) is 0 Å². The van der Waals surface area contributed by atoms with Gasteiger partial charge in [-0.15, -0.1) is 0 Å². The number of nitrogens with one attached hydrogen (secondary N) is 1. The number of hydrogen-bond donors (Lipinski definition) is 2. The highest BCUT2D eigenvalue weighted by molar-refractivity contribution is 5.79. The molecule has 2 atom stereocenters. The SMILES string of the molecule is NC[C@H]1CCC[C@H]1C(=O)NC1CCN(Cc2ccccc2)CC1. The molecule has 0 unspecified atom stereocenters. The number of carbonyl (C=O) groups is 1. The van der Waals surface area contributed by atoms with E-state index in [0.717, 1.165) is 51.7 Å². The van der Waals surface area contributed by atoms with E-state index in [2.05, 4.69) is 40.5 Å². The third-order valence-electron chi connectivity index (χ3n) is 5.48. The highest BCUT2D eigenvalue weighted by atomic mass is 16.2. The molecule has 4 nitrogen and oxygen atoms in total. The standard InChI is InChI=1S/C19H29N3O/c20-13-16-7-4-8-18(16)19(23)21-17-9-11-22(12-10-17)14-15-5-2-1-3-6-15/h1-3,5-6,16-18H,4,7-14,20H2,(H,21,23)/t16-,18-/m1/s1. The number of carbonyl (C=O) groups excluding carboxylic acids is 1. The molecule has 0 aromatic heterocycles. The zero-order chi connectivity index (χ0) is 16.1. The first kappa shape index (κ1) is 16.5. The quantitative estimate of drug-likeness (QED) is 0.875. The van der Waals surface area contributed by atoms with E-state index in [1.807, 2.05) is 0 Å². The van der Waals surface area contributed by atoms with Crippen molar-refractivity contribution in [1.82, 2.24) is 10.2 Å². The normalized spacial score (nSPS) is 26.3. The van der Waals surface area contributed by atoms with E-state index in [4.69, 9.17) is 5.73 Å². The lowest BCUT2D eigenvalue weighted by molar-refractivity contribution is -0.127. The Hall–Kier alpha value is -1.39. The second-order valence-electron chi connectivity index (χ2n) is 7.08. The molecule has 1 aromatic rings. The Morgan fingerprint density at radius 1 is 1.13 bits per heavy atom. The van der Waals surface area contributed by atoms with E-state index < -0.39 is 0 Å². The average Bonchev–Trinajstić information content (AvgIpc) is 3.06. The smallest absolute Gasteiger partial charge is 0.223 e. The minimum atomic E-state index is 0.155. The predicted octanol–water partition coefficient (Wildman–Crippen LogP) is 2.14. The second kappa shape index (κ2) is 7.93. The molecule has 1 aliphatic carbocycles. The molecule has 4 heteroatoms. The van der Waals surface area contributed by atoms with Crippen LogP contribution in [0.2, 0.25) is 0 Å². The first-order chi connectivity index (χ1) is 11.3. The molecule has 1 amide bonds. The van der Waals surface area contributed by atoms with Crippen LogP contribution in [0, 0.1) is 11.8 Å². The summed E-state index contributed by atoms with van der Waals surface area (Å²) >= 11 is 0. The third kappa shape index (κ3) is 4.33. The highest BCUT2D eigenvalue weighted by Crippen LogP contribution is 2.31. The van der Waals surface area contributed by atoms with Crippen LogP contribution in [0.3, 0.4) is 0 Å². The summed E-state index contributed by atoms with van der Waals surface area (Å²) in [5, 5.41) is 3.29. The zero-order valence-electron chi connectivity index (χ0n) is 13.9. The number of nitrogens with two attached hydrogens (primary N) is 1. The van der Waals surface area contributed by atoms with Gasteiger partial charge in [-0.25, -0.2) is 0 Å². The van der Waals surface area contributed by atoms with Crippen LogP contribution in [0.25, 0.3) is 0 Å². The van der Waals surface area contributed by atoms with Gasteiger partial charge in [-0.2, -0.15) is 0 Å². The maximum Gasteiger partial charge on any atom is 0.223 e. The fourth-order valence-electron chi connectivity index (χ4n) is 4.05. The molecule has 0 radical (unpaired) electrons. The first-order valence-corrected chi connectivity index (χ1v) is 9.03. The Labute approximate surface area is 139 Å². The lowest BCUT2D eigenvalue weighted by Crippen LogP contribution is -2.47. The van der Waals surface area contributed by atoms with Crippen LogP contribution in [-0.2, 0) is 11.3 Å². The van der Waals surface area contributed by atoms with Gasteiger partial charge in [0, 0.05) is 31.6 Å². The van der Waals surface area contributed by atoms with Gasteiger partial charge in [0.15, 0.2) is 0 Å². The van der Waals surface area contributed by atoms with E-state index >= 15 is 0 Å². The molecule has 2 aliphatic rings. The Kier molecular flexibility index (Phi) is 5.68. The molecule has 3 N–H and O–H groups in total. The van der Waals surface area contributed by atoms with Crippen molar-refractivity contribution in [1.29, 1.82) is 0 Å². The summed E-state index contributed by atoms with van der Waals surface area (Å²) in [5.74, 6) is 0.801. The summed E-state index contributed by atoms with van der Waals surface area (Å²) in [6.45, 7) is 3.78. The van der Waals surface area contributed by atoms with Crippen LogP contribution >= 0.6 is 0 Å². The van der Waals surface area contributed by atoms with Crippen molar-refractivity contribution in [2.45, 2.75) is 44.7 Å². The van der Waals surface area contributed by atoms with E-state index in [0.29, 0.717) is 18.5 Å². The van der Waals surface area contributed by atoms with Gasteiger partial charge < -0.3 is 11.1 Å². The monoisotopic (exact) mass is 315 g/mol. The predicted molar refractivity (Wildman–Crippen MR) is 92.8 cm³/mol. The van der Waals surface area contributed by atoms with Gasteiger partial charge in [0.2, 0.25) is 5.91 Å². The molecular weight excluding hydrogens is 286 g/mol. The van der Waals surface area contributed by atoms with Crippen molar-refractivity contribution in [3.8, 4) is 0 Å². The van der Waals surface area contributed by atoms with E-state index in [9.17, 15) is 4.79 Å². The number of nitrogens with zero attached hydrogens (tertiary/aromatic N) is 1. The van der Waals surface area contributed by atoms with Crippen LogP contribution in [-0.4, -0.2) is 36.5 Å². The summed E-state index contributed by atoms with van der Waals surface area (Å²) in [6.07, 6.45) is 5.39. The van der Waals surface area contributed by atoms with Gasteiger partial charge in [0.1, 0.15) is 0 Å². The lowest BCUT2D eigenvalue weighted by Gasteiger charge is -2.33. The number of benzene rings is 1. The van der Waals surface area contributed by atoms with Gasteiger partial charge in [0.05, 0.1) is 0 Å². The van der Waals surface area contributed by atoms with Crippen molar-refractivity contribution in [2.75, 3.05) is 19.6 Å². The van der Waals surface area contributed by atoms with Gasteiger partial charge >= 0.3 is 0 Å². The van der Waals surface area contributed by atoms with Crippen LogP contribution in [0.5, 0.6) is 0 Å². The average molecular weight is 315 g/mol. The molecule has 1 aliphatic heterocycles. The molecule has 126 valence electrons. The van der Waals surface area contributed by atoms with Gasteiger partial charge in [0.25, 0.3) is 0 Å². The molecule has 3 rings (SSSR count). The summed E-state index contributed by atoms with van der Waals surface area (Å²) in [6, 6.07) is 11.0. The molecule has 0 bridgehead atoms. The van der Waals surface area contributed by atoms with Crippen molar-refractivity contribution in [3.63, 3.8) is 0 Å². The maximum atomic E-state index is 12.5. The molecule has 1 aromatic carbocycles. The van der Waals surface area contributed by atoms with Crippen molar-refractivity contribution >= 4 is 5.91 Å². The van der Waals surface area contributed by atoms with Crippen molar-refractivity contribution < 1.29 is 4.79 Å². The summed E-state index contributed by atoms with van der Waals surface area (Å²) in [5.41, 5.74) is 7.17. The Morgan fingerprint density at radius 2 is 1.87 bits per heavy atom. The Bertz CT molecular complexity index is 497. The second-order valence-corrected chi connectivity index (χ2v) is 7.08. The zero-order valence-corrected chi connectivity index (χ0v) is 13.9. The van der Waals surface area contributed by atoms with Gasteiger partial charge in [-0.05, 0) is 43.7 Å². The number of rotatable bonds is 5. The van der Waals surface area contributed by atoms with Crippen LogP contribution < -0.4 is 11.1 Å². The Balaban J connectivity index is 1.43. The molecule has 1 heterocycles. The largest absolute Gasteiger partial charge is 0.353 e. The molecule has 0 spiro atoms. The molecular formula is C19H29N3O. The van der Waals surface area contributed by atoms with Crippen LogP contribution in [0.1, 0.15) is 37.7 Å². The van der Waals surface area contributed by atoms with Crippen molar-refractivity contribution in [3.05, 3.63) is 35.9 Å². The first-order valence-electron chi connectivity index (χ1n) is 9.03. The molecule has 1 saturated carbocycles. The highest BCUT2D eigenvalue weighted by Gasteiger charge is 2.33. The fraction of sp³-hybridized carbons (Fsp3) is 0.632. The maximum absolute atomic E-state index is 12.5. The summed E-state index contributed by atoms with van der Waals surface area (Å²) in [7, 11) is 0. The Morgan fingerprint density at radius 3 is 2.57 bits per heavy atom. The molecule has 2 fully saturated rings. The van der Waals surface area contributed by atoms with E-state index in [1.54, 1.807) is 0 Å². The minimum absolute atomic E-state index is 0.155. The van der Waals surface area contributed by atoms with E-state index in [-0.39, 0.29) is 11.8 Å². The van der Waals surface area contributed by atoms with Crippen LogP contribution in [0.15, 0.2) is 30.3 Å². The molecule has 23 heavy (non-hydrogen) atoms. The number of piperidine rings is 1. The van der Waals surface area contributed by atoms with Crippen molar-refractivity contribution in [2.24, 2.45) is 17.6 Å². The summed E-state index contributed by atoms with van der Waals surface area (Å²) < 4.78 is 0. The fourth-order valence-corrected chi connectivity index (χ4v) is 4.05.